The normalized spacial score (nSPS) is 12.1. The van der Waals surface area contributed by atoms with Crippen molar-refractivity contribution >= 4 is 5.97 Å². The van der Waals surface area contributed by atoms with Gasteiger partial charge in [0.05, 0.1) is 0 Å². The first-order chi connectivity index (χ1) is 6.76. The van der Waals surface area contributed by atoms with Crippen LogP contribution in [-0.2, 0) is 9.53 Å². The molecule has 0 saturated carbocycles. The van der Waals surface area contributed by atoms with Gasteiger partial charge in [-0.25, -0.2) is 4.79 Å². The van der Waals surface area contributed by atoms with E-state index in [0.717, 1.165) is 12.6 Å². The molecule has 0 bridgehead atoms. The van der Waals surface area contributed by atoms with E-state index in [1.165, 1.54) is 6.42 Å². The number of hydrogen-bond donors (Lipinski definition) is 1. The monoisotopic (exact) mass is 215 g/mol. The van der Waals surface area contributed by atoms with Crippen LogP contribution in [0.25, 0.3) is 0 Å². The van der Waals surface area contributed by atoms with Gasteiger partial charge in [-0.3, -0.25) is 0 Å². The molecule has 0 aliphatic rings. The third-order valence-electron chi connectivity index (χ3n) is 1.67. The lowest BCUT2D eigenvalue weighted by Crippen LogP contribution is -2.22. The number of hydrogen-bond acceptors (Lipinski definition) is 3. The lowest BCUT2D eigenvalue weighted by atomic mass is 10.1. The maximum atomic E-state index is 10.5. The SMILES string of the molecule is C=CC(=O)OC(C)(C)C.CCC(C)CN. The van der Waals surface area contributed by atoms with E-state index in [-0.39, 0.29) is 5.97 Å². The van der Waals surface area contributed by atoms with Gasteiger partial charge in [0.2, 0.25) is 0 Å². The standard InChI is InChI=1S/C7H12O2.C5H13N/c1-5-6(8)9-7(2,3)4;1-3-5(2)4-6/h5H,1H2,2-4H3;5H,3-4,6H2,1-2H3. The van der Waals surface area contributed by atoms with Crippen LogP contribution in [0.2, 0.25) is 0 Å². The minimum absolute atomic E-state index is 0.373. The summed E-state index contributed by atoms with van der Waals surface area (Å²) in [6.45, 7) is 13.8. The lowest BCUT2D eigenvalue weighted by Gasteiger charge is -2.17. The number of esters is 1. The maximum absolute atomic E-state index is 10.5. The summed E-state index contributed by atoms with van der Waals surface area (Å²) in [5.74, 6) is 0.340. The smallest absolute Gasteiger partial charge is 0.330 e. The second kappa shape index (κ2) is 8.48. The van der Waals surface area contributed by atoms with E-state index in [9.17, 15) is 4.79 Å². The molecule has 3 heteroatoms. The van der Waals surface area contributed by atoms with Gasteiger partial charge in [-0.2, -0.15) is 0 Å². The van der Waals surface area contributed by atoms with Gasteiger partial charge in [-0.1, -0.05) is 26.8 Å². The third-order valence-corrected chi connectivity index (χ3v) is 1.67. The minimum atomic E-state index is -0.398. The fraction of sp³-hybridized carbons (Fsp3) is 0.750. The van der Waals surface area contributed by atoms with Gasteiger partial charge in [0.25, 0.3) is 0 Å². The Bertz CT molecular complexity index is 179. The van der Waals surface area contributed by atoms with Gasteiger partial charge in [0, 0.05) is 6.08 Å². The molecule has 1 unspecified atom stereocenters. The first-order valence-corrected chi connectivity index (χ1v) is 5.32. The summed E-state index contributed by atoms with van der Waals surface area (Å²) in [7, 11) is 0. The van der Waals surface area contributed by atoms with Gasteiger partial charge >= 0.3 is 5.97 Å². The van der Waals surface area contributed by atoms with Gasteiger partial charge in [0.1, 0.15) is 5.60 Å². The molecule has 0 fully saturated rings. The molecule has 0 aliphatic carbocycles. The van der Waals surface area contributed by atoms with Crippen LogP contribution in [0.5, 0.6) is 0 Å². The summed E-state index contributed by atoms with van der Waals surface area (Å²) in [6, 6.07) is 0. The lowest BCUT2D eigenvalue weighted by molar-refractivity contribution is -0.148. The fourth-order valence-corrected chi connectivity index (χ4v) is 0.510. The molecule has 0 aliphatic heterocycles. The summed E-state index contributed by atoms with van der Waals surface area (Å²) in [6.07, 6.45) is 2.36. The zero-order valence-electron chi connectivity index (χ0n) is 10.7. The second-order valence-corrected chi connectivity index (χ2v) is 4.49. The van der Waals surface area contributed by atoms with Crippen LogP contribution in [0.4, 0.5) is 0 Å². The average Bonchev–Trinajstić information content (AvgIpc) is 2.15. The highest BCUT2D eigenvalue weighted by atomic mass is 16.6. The van der Waals surface area contributed by atoms with E-state index in [0.29, 0.717) is 5.92 Å². The number of carbonyl (C=O) groups is 1. The molecule has 0 spiro atoms. The molecule has 0 heterocycles. The predicted molar refractivity (Wildman–Crippen MR) is 64.6 cm³/mol. The second-order valence-electron chi connectivity index (χ2n) is 4.49. The highest BCUT2D eigenvalue weighted by Gasteiger charge is 2.12. The van der Waals surface area contributed by atoms with E-state index in [2.05, 4.69) is 20.4 Å². The van der Waals surface area contributed by atoms with Crippen molar-refractivity contribution in [1.82, 2.24) is 0 Å². The molecular weight excluding hydrogens is 190 g/mol. The Morgan fingerprint density at radius 1 is 1.53 bits per heavy atom. The third kappa shape index (κ3) is 15.9. The predicted octanol–water partition coefficient (Wildman–Crippen LogP) is 2.51. The van der Waals surface area contributed by atoms with E-state index in [1.54, 1.807) is 0 Å². The summed E-state index contributed by atoms with van der Waals surface area (Å²) in [5, 5.41) is 0. The molecule has 0 rings (SSSR count). The summed E-state index contributed by atoms with van der Waals surface area (Å²) in [4.78, 5) is 10.5. The first kappa shape index (κ1) is 16.6. The first-order valence-electron chi connectivity index (χ1n) is 5.32. The Morgan fingerprint density at radius 3 is 2.07 bits per heavy atom. The zero-order chi connectivity index (χ0) is 12.5. The Balaban J connectivity index is 0. The van der Waals surface area contributed by atoms with Crippen molar-refractivity contribution in [1.29, 1.82) is 0 Å². The van der Waals surface area contributed by atoms with Crippen LogP contribution >= 0.6 is 0 Å². The molecule has 2 N–H and O–H groups in total. The largest absolute Gasteiger partial charge is 0.457 e. The van der Waals surface area contributed by atoms with E-state index < -0.39 is 5.60 Å². The fourth-order valence-electron chi connectivity index (χ4n) is 0.510. The Labute approximate surface area is 93.7 Å². The minimum Gasteiger partial charge on any atom is -0.457 e. The molecule has 1 atom stereocenters. The quantitative estimate of drug-likeness (QED) is 0.581. The van der Waals surface area contributed by atoms with Gasteiger partial charge < -0.3 is 10.5 Å². The molecule has 0 amide bonds. The van der Waals surface area contributed by atoms with Gasteiger partial charge in [0.15, 0.2) is 0 Å². The van der Waals surface area contributed by atoms with E-state index in [4.69, 9.17) is 10.5 Å². The number of rotatable bonds is 3. The Morgan fingerprint density at radius 2 is 2.00 bits per heavy atom. The van der Waals surface area contributed by atoms with Crippen molar-refractivity contribution in [2.24, 2.45) is 11.7 Å². The van der Waals surface area contributed by atoms with Crippen molar-refractivity contribution in [2.45, 2.75) is 46.6 Å². The maximum Gasteiger partial charge on any atom is 0.330 e. The number of carbonyl (C=O) groups excluding carboxylic acids is 1. The topological polar surface area (TPSA) is 52.3 Å². The van der Waals surface area contributed by atoms with Gasteiger partial charge in [-0.05, 0) is 33.2 Å². The highest BCUT2D eigenvalue weighted by Crippen LogP contribution is 2.06. The highest BCUT2D eigenvalue weighted by molar-refractivity contribution is 5.81. The van der Waals surface area contributed by atoms with E-state index >= 15 is 0 Å². The van der Waals surface area contributed by atoms with Crippen LogP contribution in [0.1, 0.15) is 41.0 Å². The molecule has 0 saturated heterocycles. The molecule has 3 nitrogen and oxygen atoms in total. The van der Waals surface area contributed by atoms with Crippen molar-refractivity contribution in [3.8, 4) is 0 Å². The molecule has 0 aromatic heterocycles. The van der Waals surface area contributed by atoms with E-state index in [1.807, 2.05) is 20.8 Å². The van der Waals surface area contributed by atoms with Gasteiger partial charge in [-0.15, -0.1) is 0 Å². The molecule has 0 aromatic rings. The molecule has 15 heavy (non-hydrogen) atoms. The zero-order valence-corrected chi connectivity index (χ0v) is 10.7. The van der Waals surface area contributed by atoms with Crippen molar-refractivity contribution in [2.75, 3.05) is 6.54 Å². The van der Waals surface area contributed by atoms with Crippen LogP contribution in [0.15, 0.2) is 12.7 Å². The number of ether oxygens (including phenoxy) is 1. The van der Waals surface area contributed by atoms with Crippen molar-refractivity contribution in [3.05, 3.63) is 12.7 Å². The summed E-state index contributed by atoms with van der Waals surface area (Å²) < 4.78 is 4.83. The van der Waals surface area contributed by atoms with Crippen molar-refractivity contribution in [3.63, 3.8) is 0 Å². The summed E-state index contributed by atoms with van der Waals surface area (Å²) in [5.41, 5.74) is 4.88. The molecule has 0 aromatic carbocycles. The summed E-state index contributed by atoms with van der Waals surface area (Å²) >= 11 is 0. The van der Waals surface area contributed by atoms with Crippen LogP contribution < -0.4 is 5.73 Å². The van der Waals surface area contributed by atoms with Crippen LogP contribution in [-0.4, -0.2) is 18.1 Å². The Hall–Kier alpha value is -0.830. The molecule has 90 valence electrons. The van der Waals surface area contributed by atoms with Crippen molar-refractivity contribution < 1.29 is 9.53 Å². The molecule has 0 radical (unpaired) electrons. The molecular formula is C12H25NO2. The van der Waals surface area contributed by atoms with Crippen LogP contribution in [0, 0.1) is 5.92 Å². The average molecular weight is 215 g/mol. The number of nitrogens with two attached hydrogens (primary N) is 1. The van der Waals surface area contributed by atoms with Crippen LogP contribution in [0.3, 0.4) is 0 Å². The Kier molecular flexibility index (Phi) is 9.38.